The van der Waals surface area contributed by atoms with Crippen LogP contribution in [0.1, 0.15) is 39.0 Å². The van der Waals surface area contributed by atoms with Gasteiger partial charge in [-0.05, 0) is 36.2 Å². The van der Waals surface area contributed by atoms with E-state index in [1.165, 1.54) is 0 Å². The Morgan fingerprint density at radius 2 is 1.41 bits per heavy atom. The molecular formula is C32H28N2O3. The van der Waals surface area contributed by atoms with Crippen LogP contribution in [0.15, 0.2) is 109 Å². The first kappa shape index (κ1) is 25.3. The van der Waals surface area contributed by atoms with E-state index in [1.807, 2.05) is 73.7 Å². The first-order chi connectivity index (χ1) is 18.0. The van der Waals surface area contributed by atoms with E-state index in [4.69, 9.17) is 0 Å². The highest BCUT2D eigenvalue weighted by Crippen LogP contribution is 2.24. The summed E-state index contributed by atoms with van der Waals surface area (Å²) in [6, 6.07) is 31.3. The largest absolute Gasteiger partial charge is 0.326 e. The number of ketones is 1. The number of carbonyl (C=O) groups is 3. The summed E-state index contributed by atoms with van der Waals surface area (Å²) in [5.74, 6) is -0.679. The Morgan fingerprint density at radius 1 is 0.730 bits per heavy atom. The zero-order valence-electron chi connectivity index (χ0n) is 20.6. The van der Waals surface area contributed by atoms with Crippen LogP contribution in [0.4, 0.5) is 11.4 Å². The molecule has 37 heavy (non-hydrogen) atoms. The second-order valence-corrected chi connectivity index (χ2v) is 8.73. The third-order valence-corrected chi connectivity index (χ3v) is 5.76. The van der Waals surface area contributed by atoms with Crippen LogP contribution in [0.25, 0.3) is 6.08 Å². The van der Waals surface area contributed by atoms with Crippen LogP contribution in [0.5, 0.6) is 0 Å². The van der Waals surface area contributed by atoms with E-state index in [0.717, 1.165) is 16.7 Å². The molecule has 4 aromatic carbocycles. The van der Waals surface area contributed by atoms with Crippen LogP contribution >= 0.6 is 0 Å². The number of amides is 2. The molecule has 0 unspecified atom stereocenters. The topological polar surface area (TPSA) is 75.3 Å². The molecule has 0 aromatic heterocycles. The molecule has 0 aliphatic rings. The van der Waals surface area contributed by atoms with Crippen molar-refractivity contribution in [2.24, 2.45) is 0 Å². The predicted octanol–water partition coefficient (Wildman–Crippen LogP) is 6.45. The third-order valence-electron chi connectivity index (χ3n) is 5.76. The van der Waals surface area contributed by atoms with Crippen molar-refractivity contribution in [2.75, 3.05) is 10.6 Å². The average Bonchev–Trinajstić information content (AvgIpc) is 2.91. The molecule has 0 saturated carbocycles. The van der Waals surface area contributed by atoms with Crippen LogP contribution in [0, 0.1) is 6.92 Å². The molecule has 0 radical (unpaired) electrons. The van der Waals surface area contributed by atoms with Crippen molar-refractivity contribution in [1.82, 2.24) is 0 Å². The summed E-state index contributed by atoms with van der Waals surface area (Å²) in [6.45, 7) is 1.99. The Balaban J connectivity index is 1.51. The first-order valence-corrected chi connectivity index (χ1v) is 12.1. The van der Waals surface area contributed by atoms with E-state index in [9.17, 15) is 14.4 Å². The number of rotatable bonds is 9. The van der Waals surface area contributed by atoms with Crippen molar-refractivity contribution >= 4 is 35.0 Å². The summed E-state index contributed by atoms with van der Waals surface area (Å²) >= 11 is 0. The molecule has 0 fully saturated rings. The fraction of sp³-hybridized carbons (Fsp3) is 0.0938. The van der Waals surface area contributed by atoms with Gasteiger partial charge in [-0.3, -0.25) is 14.4 Å². The van der Waals surface area contributed by atoms with E-state index in [-0.39, 0.29) is 30.4 Å². The van der Waals surface area contributed by atoms with Crippen molar-refractivity contribution in [2.45, 2.75) is 19.8 Å². The quantitative estimate of drug-likeness (QED) is 0.266. The summed E-state index contributed by atoms with van der Waals surface area (Å²) < 4.78 is 0. The van der Waals surface area contributed by atoms with Crippen LogP contribution in [-0.2, 0) is 16.0 Å². The Kier molecular flexibility index (Phi) is 8.40. The molecule has 0 spiro atoms. The molecule has 4 aromatic rings. The summed E-state index contributed by atoms with van der Waals surface area (Å²) in [5.41, 5.74) is 4.69. The number of hydrogen-bond donors (Lipinski definition) is 2. The van der Waals surface area contributed by atoms with Crippen molar-refractivity contribution < 1.29 is 14.4 Å². The average molecular weight is 489 g/mol. The van der Waals surface area contributed by atoms with Gasteiger partial charge in [-0.25, -0.2) is 0 Å². The summed E-state index contributed by atoms with van der Waals surface area (Å²) in [5, 5.41) is 5.72. The van der Waals surface area contributed by atoms with Crippen molar-refractivity contribution in [3.05, 3.63) is 137 Å². The number of carbonyl (C=O) groups excluding carboxylic acids is 3. The van der Waals surface area contributed by atoms with Gasteiger partial charge in [0.25, 0.3) is 0 Å². The normalized spacial score (nSPS) is 10.7. The van der Waals surface area contributed by atoms with E-state index in [2.05, 4.69) is 10.6 Å². The lowest BCUT2D eigenvalue weighted by Crippen LogP contribution is -2.18. The van der Waals surface area contributed by atoms with Crippen LogP contribution in [0.3, 0.4) is 0 Å². The highest BCUT2D eigenvalue weighted by Gasteiger charge is 2.17. The number of anilines is 2. The van der Waals surface area contributed by atoms with E-state index < -0.39 is 0 Å². The molecule has 0 heterocycles. The maximum absolute atomic E-state index is 13.3. The minimum absolute atomic E-state index is 0.186. The second-order valence-electron chi connectivity index (χ2n) is 8.73. The zero-order chi connectivity index (χ0) is 26.0. The predicted molar refractivity (Wildman–Crippen MR) is 149 cm³/mol. The second kappa shape index (κ2) is 12.3. The van der Waals surface area contributed by atoms with Crippen LogP contribution in [0.2, 0.25) is 0 Å². The Hall–Kier alpha value is -4.77. The molecule has 4 rings (SSSR count). The number of benzene rings is 4. The van der Waals surface area contributed by atoms with Gasteiger partial charge in [0.05, 0.1) is 12.1 Å². The molecule has 0 atom stereocenters. The minimum Gasteiger partial charge on any atom is -0.326 e. The van der Waals surface area contributed by atoms with Gasteiger partial charge in [0, 0.05) is 23.2 Å². The van der Waals surface area contributed by atoms with E-state index in [1.54, 1.807) is 48.5 Å². The fourth-order valence-electron chi connectivity index (χ4n) is 3.83. The van der Waals surface area contributed by atoms with Gasteiger partial charge < -0.3 is 10.6 Å². The van der Waals surface area contributed by atoms with Gasteiger partial charge in [0.2, 0.25) is 11.8 Å². The molecule has 2 N–H and O–H groups in total. The van der Waals surface area contributed by atoms with E-state index >= 15 is 0 Å². The lowest BCUT2D eigenvalue weighted by atomic mass is 10.0. The van der Waals surface area contributed by atoms with Crippen LogP contribution < -0.4 is 10.6 Å². The Morgan fingerprint density at radius 3 is 2.11 bits per heavy atom. The lowest BCUT2D eigenvalue weighted by Gasteiger charge is -2.13. The van der Waals surface area contributed by atoms with Crippen molar-refractivity contribution in [1.29, 1.82) is 0 Å². The highest BCUT2D eigenvalue weighted by atomic mass is 16.2. The van der Waals surface area contributed by atoms with Crippen LogP contribution in [-0.4, -0.2) is 17.6 Å². The SMILES string of the molecule is Cc1ccc(CC(=O)Nc2ccc(NC(=O)C/C=C/c3ccccc3)cc2C(=O)c2ccccc2)cc1. The monoisotopic (exact) mass is 488 g/mol. The molecular weight excluding hydrogens is 460 g/mol. The smallest absolute Gasteiger partial charge is 0.228 e. The molecule has 5 nitrogen and oxygen atoms in total. The zero-order valence-corrected chi connectivity index (χ0v) is 20.6. The van der Waals surface area contributed by atoms with Gasteiger partial charge >= 0.3 is 0 Å². The molecule has 0 bridgehead atoms. The number of nitrogens with one attached hydrogen (secondary N) is 2. The fourth-order valence-corrected chi connectivity index (χ4v) is 3.83. The maximum Gasteiger partial charge on any atom is 0.228 e. The number of hydrogen-bond acceptors (Lipinski definition) is 3. The van der Waals surface area contributed by atoms with Crippen molar-refractivity contribution in [3.63, 3.8) is 0 Å². The van der Waals surface area contributed by atoms with E-state index in [0.29, 0.717) is 22.5 Å². The summed E-state index contributed by atoms with van der Waals surface area (Å²) in [6.07, 6.45) is 4.05. The molecule has 5 heteroatoms. The van der Waals surface area contributed by atoms with Gasteiger partial charge in [-0.1, -0.05) is 103 Å². The maximum atomic E-state index is 13.3. The highest BCUT2D eigenvalue weighted by molar-refractivity contribution is 6.14. The molecule has 0 aliphatic carbocycles. The molecule has 0 aliphatic heterocycles. The van der Waals surface area contributed by atoms with Gasteiger partial charge in [-0.2, -0.15) is 0 Å². The molecule has 2 amide bonds. The number of aryl methyl sites for hydroxylation is 1. The Bertz CT molecular complexity index is 1410. The lowest BCUT2D eigenvalue weighted by molar-refractivity contribution is -0.116. The van der Waals surface area contributed by atoms with Gasteiger partial charge in [-0.15, -0.1) is 0 Å². The minimum atomic E-state index is -0.244. The van der Waals surface area contributed by atoms with Crippen molar-refractivity contribution in [3.8, 4) is 0 Å². The summed E-state index contributed by atoms with van der Waals surface area (Å²) in [4.78, 5) is 38.6. The Labute approximate surface area is 216 Å². The first-order valence-electron chi connectivity index (χ1n) is 12.1. The van der Waals surface area contributed by atoms with Gasteiger partial charge in [0.15, 0.2) is 5.78 Å². The summed E-state index contributed by atoms with van der Waals surface area (Å²) in [7, 11) is 0. The standard InChI is InChI=1S/C32H28N2O3/c1-23-15-17-25(18-16-23)21-31(36)34-29-20-19-27(22-28(29)32(37)26-12-6-3-7-13-26)33-30(35)14-8-11-24-9-4-2-5-10-24/h2-13,15-20,22H,14,21H2,1H3,(H,33,35)(H,34,36)/b11-8+. The third kappa shape index (κ3) is 7.36. The molecule has 0 saturated heterocycles. The van der Waals surface area contributed by atoms with Gasteiger partial charge in [0.1, 0.15) is 0 Å². The molecule has 184 valence electrons.